The first-order valence-corrected chi connectivity index (χ1v) is 9.23. The second kappa shape index (κ2) is 6.80. The van der Waals surface area contributed by atoms with E-state index in [9.17, 15) is 0 Å². The van der Waals surface area contributed by atoms with E-state index in [-0.39, 0.29) is 6.04 Å². The van der Waals surface area contributed by atoms with Gasteiger partial charge in [0.25, 0.3) is 0 Å². The summed E-state index contributed by atoms with van der Waals surface area (Å²) in [6.07, 6.45) is 8.37. The van der Waals surface area contributed by atoms with Gasteiger partial charge in [-0.25, -0.2) is 0 Å². The average Bonchev–Trinajstić information content (AvgIpc) is 3.11. The maximum Gasteiger partial charge on any atom is 0.0510 e. The number of nitrogens with two attached hydrogens (primary N) is 1. The van der Waals surface area contributed by atoms with Crippen LogP contribution in [-0.2, 0) is 0 Å². The van der Waals surface area contributed by atoms with E-state index in [0.29, 0.717) is 6.04 Å². The van der Waals surface area contributed by atoms with E-state index in [1.165, 1.54) is 55.1 Å². The summed E-state index contributed by atoms with van der Waals surface area (Å²) >= 11 is 3.73. The average molecular weight is 351 g/mol. The number of likely N-dealkylation sites (tertiary alicyclic amines) is 1. The highest BCUT2D eigenvalue weighted by Crippen LogP contribution is 2.41. The van der Waals surface area contributed by atoms with Crippen molar-refractivity contribution in [3.63, 3.8) is 0 Å². The van der Waals surface area contributed by atoms with Crippen molar-refractivity contribution in [2.45, 2.75) is 63.6 Å². The van der Waals surface area contributed by atoms with Gasteiger partial charge >= 0.3 is 0 Å². The largest absolute Gasteiger partial charge is 0.326 e. The first-order chi connectivity index (χ1) is 10.2. The minimum atomic E-state index is 0.158. The SMILES string of the molecule is CC(N)C(c1ccccc1Br)N1CCCC1C1CCCC1. The zero-order valence-electron chi connectivity index (χ0n) is 13.0. The lowest BCUT2D eigenvalue weighted by Gasteiger charge is -2.39. The standard InChI is InChI=1S/C18H27BrN2/c1-13(20)18(15-9-4-5-10-16(15)19)21-12-6-11-17(21)14-7-2-3-8-14/h4-5,9-10,13-14,17-18H,2-3,6-8,11-12,20H2,1H3. The second-order valence-corrected chi connectivity index (χ2v) is 7.67. The second-order valence-electron chi connectivity index (χ2n) is 6.82. The lowest BCUT2D eigenvalue weighted by atomic mass is 9.92. The van der Waals surface area contributed by atoms with Crippen molar-refractivity contribution in [2.24, 2.45) is 11.7 Å². The van der Waals surface area contributed by atoms with Crippen LogP contribution in [0.1, 0.15) is 57.1 Å². The van der Waals surface area contributed by atoms with Gasteiger partial charge in [0, 0.05) is 16.6 Å². The van der Waals surface area contributed by atoms with Gasteiger partial charge in [0.15, 0.2) is 0 Å². The molecule has 1 heterocycles. The minimum Gasteiger partial charge on any atom is -0.326 e. The Bertz CT molecular complexity index is 468. The molecule has 1 aliphatic carbocycles. The first-order valence-electron chi connectivity index (χ1n) is 8.44. The van der Waals surface area contributed by atoms with Crippen LogP contribution in [0.2, 0.25) is 0 Å². The molecule has 0 bridgehead atoms. The van der Waals surface area contributed by atoms with Gasteiger partial charge in [0.2, 0.25) is 0 Å². The zero-order valence-corrected chi connectivity index (χ0v) is 14.6. The third-order valence-electron chi connectivity index (χ3n) is 5.37. The number of nitrogens with zero attached hydrogens (tertiary/aromatic N) is 1. The molecule has 0 amide bonds. The highest BCUT2D eigenvalue weighted by molar-refractivity contribution is 9.10. The lowest BCUT2D eigenvalue weighted by Crippen LogP contribution is -2.44. The van der Waals surface area contributed by atoms with Crippen LogP contribution in [0, 0.1) is 5.92 Å². The van der Waals surface area contributed by atoms with Gasteiger partial charge in [-0.1, -0.05) is 47.0 Å². The van der Waals surface area contributed by atoms with Gasteiger partial charge in [-0.3, -0.25) is 4.90 Å². The van der Waals surface area contributed by atoms with E-state index < -0.39 is 0 Å². The third kappa shape index (κ3) is 3.20. The maximum absolute atomic E-state index is 6.42. The van der Waals surface area contributed by atoms with Crippen molar-refractivity contribution in [1.29, 1.82) is 0 Å². The molecule has 0 spiro atoms. The summed E-state index contributed by atoms with van der Waals surface area (Å²) in [5.74, 6) is 0.899. The van der Waals surface area contributed by atoms with Gasteiger partial charge in [0.1, 0.15) is 0 Å². The zero-order chi connectivity index (χ0) is 14.8. The van der Waals surface area contributed by atoms with Crippen LogP contribution in [0.15, 0.2) is 28.7 Å². The molecule has 2 nitrogen and oxygen atoms in total. The Morgan fingerprint density at radius 1 is 1.14 bits per heavy atom. The molecule has 1 aliphatic heterocycles. The van der Waals surface area contributed by atoms with Crippen LogP contribution in [0.3, 0.4) is 0 Å². The van der Waals surface area contributed by atoms with Crippen molar-refractivity contribution in [3.05, 3.63) is 34.3 Å². The number of benzene rings is 1. The molecule has 0 radical (unpaired) electrons. The molecule has 116 valence electrons. The highest BCUT2D eigenvalue weighted by Gasteiger charge is 2.38. The Labute approximate surface area is 137 Å². The first kappa shape index (κ1) is 15.5. The Hall–Kier alpha value is -0.380. The van der Waals surface area contributed by atoms with Crippen LogP contribution in [0.25, 0.3) is 0 Å². The molecule has 21 heavy (non-hydrogen) atoms. The topological polar surface area (TPSA) is 29.3 Å². The predicted molar refractivity (Wildman–Crippen MR) is 92.2 cm³/mol. The molecular weight excluding hydrogens is 324 g/mol. The van der Waals surface area contributed by atoms with Crippen LogP contribution >= 0.6 is 15.9 Å². The number of halogens is 1. The molecule has 2 fully saturated rings. The molecule has 3 heteroatoms. The fourth-order valence-corrected chi connectivity index (χ4v) is 5.01. The molecule has 3 unspecified atom stereocenters. The lowest BCUT2D eigenvalue weighted by molar-refractivity contribution is 0.120. The third-order valence-corrected chi connectivity index (χ3v) is 6.09. The molecule has 2 aliphatic rings. The van der Waals surface area contributed by atoms with Gasteiger partial charge in [-0.05, 0) is 56.7 Å². The molecule has 1 saturated carbocycles. The van der Waals surface area contributed by atoms with Crippen LogP contribution in [-0.4, -0.2) is 23.5 Å². The van der Waals surface area contributed by atoms with Crippen molar-refractivity contribution in [1.82, 2.24) is 4.90 Å². The van der Waals surface area contributed by atoms with E-state index in [0.717, 1.165) is 12.0 Å². The van der Waals surface area contributed by atoms with Gasteiger partial charge < -0.3 is 5.73 Å². The van der Waals surface area contributed by atoms with E-state index >= 15 is 0 Å². The summed E-state index contributed by atoms with van der Waals surface area (Å²) in [5, 5.41) is 0. The van der Waals surface area contributed by atoms with Gasteiger partial charge in [0.05, 0.1) is 6.04 Å². The fourth-order valence-electron chi connectivity index (χ4n) is 4.49. The van der Waals surface area contributed by atoms with E-state index in [1.54, 1.807) is 0 Å². The predicted octanol–water partition coefficient (Wildman–Crippen LogP) is 4.49. The summed E-state index contributed by atoms with van der Waals surface area (Å²) in [5.41, 5.74) is 7.77. The van der Waals surface area contributed by atoms with Crippen molar-refractivity contribution in [2.75, 3.05) is 6.54 Å². The summed E-state index contributed by atoms with van der Waals surface area (Å²) in [7, 11) is 0. The van der Waals surface area contributed by atoms with Crippen LogP contribution in [0.4, 0.5) is 0 Å². The van der Waals surface area contributed by atoms with Crippen LogP contribution < -0.4 is 5.73 Å². The van der Waals surface area contributed by atoms with Gasteiger partial charge in [-0.2, -0.15) is 0 Å². The molecular formula is C18H27BrN2. The molecule has 1 aromatic rings. The number of rotatable bonds is 4. The monoisotopic (exact) mass is 350 g/mol. The molecule has 1 saturated heterocycles. The molecule has 1 aromatic carbocycles. The molecule has 0 aromatic heterocycles. The van der Waals surface area contributed by atoms with Gasteiger partial charge in [-0.15, -0.1) is 0 Å². The summed E-state index contributed by atoms with van der Waals surface area (Å²) < 4.78 is 1.20. The quantitative estimate of drug-likeness (QED) is 0.866. The van der Waals surface area contributed by atoms with Crippen molar-refractivity contribution in [3.8, 4) is 0 Å². The van der Waals surface area contributed by atoms with E-state index in [2.05, 4.69) is 52.0 Å². The normalized spacial score (nSPS) is 27.1. The van der Waals surface area contributed by atoms with E-state index in [4.69, 9.17) is 5.73 Å². The minimum absolute atomic E-state index is 0.158. The Morgan fingerprint density at radius 2 is 1.86 bits per heavy atom. The maximum atomic E-state index is 6.42. The highest BCUT2D eigenvalue weighted by atomic mass is 79.9. The van der Waals surface area contributed by atoms with Crippen molar-refractivity contribution >= 4 is 15.9 Å². The Kier molecular flexibility index (Phi) is 5.03. The van der Waals surface area contributed by atoms with Crippen molar-refractivity contribution < 1.29 is 0 Å². The summed E-state index contributed by atoms with van der Waals surface area (Å²) in [6, 6.07) is 9.85. The fraction of sp³-hybridized carbons (Fsp3) is 0.667. The summed E-state index contributed by atoms with van der Waals surface area (Å²) in [6.45, 7) is 3.36. The molecule has 2 N–H and O–H groups in total. The van der Waals surface area contributed by atoms with E-state index in [1.807, 2.05) is 0 Å². The summed E-state index contributed by atoms with van der Waals surface area (Å²) in [4.78, 5) is 2.72. The molecule has 3 atom stereocenters. The smallest absolute Gasteiger partial charge is 0.0510 e. The van der Waals surface area contributed by atoms with Crippen LogP contribution in [0.5, 0.6) is 0 Å². The number of hydrogen-bond donors (Lipinski definition) is 1. The Morgan fingerprint density at radius 3 is 2.52 bits per heavy atom. The molecule has 3 rings (SSSR count). The Balaban J connectivity index is 1.88. The number of hydrogen-bond acceptors (Lipinski definition) is 2.